The monoisotopic (exact) mass is 283 g/mol. The number of ether oxygens (including phenoxy) is 1. The summed E-state index contributed by atoms with van der Waals surface area (Å²) in [6, 6.07) is 23.0. The molecular weight excluding hydrogens is 270 g/mol. The fourth-order valence-electron chi connectivity index (χ4n) is 3.24. The second kappa shape index (κ2) is 4.31. The smallest absolute Gasteiger partial charge is 0.129 e. The van der Waals surface area contributed by atoms with Crippen molar-refractivity contribution in [2.75, 3.05) is 0 Å². The van der Waals surface area contributed by atoms with E-state index in [1.54, 1.807) is 0 Å². The first-order valence-electron chi connectivity index (χ1n) is 7.44. The number of pyridine rings is 1. The van der Waals surface area contributed by atoms with Crippen LogP contribution in [0.3, 0.4) is 0 Å². The Morgan fingerprint density at radius 3 is 2.64 bits per heavy atom. The van der Waals surface area contributed by atoms with Crippen molar-refractivity contribution in [2.24, 2.45) is 0 Å². The Balaban J connectivity index is 1.91. The Kier molecular flexibility index (Phi) is 2.30. The molecule has 22 heavy (non-hydrogen) atoms. The fourth-order valence-corrected chi connectivity index (χ4v) is 3.24. The highest BCUT2D eigenvalue weighted by Crippen LogP contribution is 2.38. The van der Waals surface area contributed by atoms with E-state index in [9.17, 15) is 0 Å². The predicted octanol–water partition coefficient (Wildman–Crippen LogP) is 4.95. The van der Waals surface area contributed by atoms with E-state index in [-0.39, 0.29) is 0 Å². The number of hydrogen-bond donors (Lipinski definition) is 0. The number of rotatable bonds is 0. The molecule has 0 fully saturated rings. The number of aromatic nitrogens is 1. The van der Waals surface area contributed by atoms with Gasteiger partial charge in [0.1, 0.15) is 12.4 Å². The maximum Gasteiger partial charge on any atom is 0.129 e. The van der Waals surface area contributed by atoms with Crippen LogP contribution in [-0.4, -0.2) is 4.98 Å². The van der Waals surface area contributed by atoms with Crippen molar-refractivity contribution in [3.05, 3.63) is 72.3 Å². The average molecular weight is 283 g/mol. The third kappa shape index (κ3) is 1.58. The number of nitrogens with zero attached hydrogens (tertiary/aromatic N) is 1. The quantitative estimate of drug-likeness (QED) is 0.426. The molecular formula is C20H13NO. The minimum atomic E-state index is 0.585. The van der Waals surface area contributed by atoms with Crippen molar-refractivity contribution >= 4 is 21.7 Å². The summed E-state index contributed by atoms with van der Waals surface area (Å²) in [7, 11) is 0. The molecule has 1 aromatic heterocycles. The summed E-state index contributed by atoms with van der Waals surface area (Å²) in [6.07, 6.45) is 0. The molecule has 4 aromatic rings. The molecule has 1 aliphatic rings. The van der Waals surface area contributed by atoms with Crippen LogP contribution >= 0.6 is 0 Å². The Hall–Kier alpha value is -2.87. The zero-order valence-electron chi connectivity index (χ0n) is 11.9. The zero-order chi connectivity index (χ0) is 14.5. The van der Waals surface area contributed by atoms with Gasteiger partial charge < -0.3 is 4.74 Å². The van der Waals surface area contributed by atoms with Crippen molar-refractivity contribution in [2.45, 2.75) is 6.61 Å². The van der Waals surface area contributed by atoms with Crippen molar-refractivity contribution in [1.29, 1.82) is 0 Å². The molecule has 0 saturated heterocycles. The first kappa shape index (κ1) is 11.8. The van der Waals surface area contributed by atoms with E-state index in [0.717, 1.165) is 28.1 Å². The van der Waals surface area contributed by atoms with E-state index < -0.39 is 0 Å². The molecule has 0 bridgehead atoms. The molecule has 0 saturated carbocycles. The van der Waals surface area contributed by atoms with Crippen LogP contribution < -0.4 is 4.74 Å². The second-order valence-electron chi connectivity index (χ2n) is 5.64. The van der Waals surface area contributed by atoms with Gasteiger partial charge in [0.2, 0.25) is 0 Å². The summed E-state index contributed by atoms with van der Waals surface area (Å²) in [5.74, 6) is 0.919. The SMILES string of the molecule is c1ccc2c(c1)OCc1cc3ccc4ccccc4c3nc1-2. The minimum absolute atomic E-state index is 0.585. The van der Waals surface area contributed by atoms with Crippen molar-refractivity contribution in [3.8, 4) is 17.0 Å². The van der Waals surface area contributed by atoms with Gasteiger partial charge in [0.05, 0.1) is 11.2 Å². The highest BCUT2D eigenvalue weighted by Gasteiger charge is 2.19. The van der Waals surface area contributed by atoms with Gasteiger partial charge in [0.15, 0.2) is 0 Å². The summed E-state index contributed by atoms with van der Waals surface area (Å²) < 4.78 is 5.85. The van der Waals surface area contributed by atoms with Crippen molar-refractivity contribution in [3.63, 3.8) is 0 Å². The molecule has 5 rings (SSSR count). The molecule has 104 valence electrons. The van der Waals surface area contributed by atoms with Crippen LogP contribution in [0.25, 0.3) is 32.9 Å². The largest absolute Gasteiger partial charge is 0.488 e. The maximum atomic E-state index is 5.85. The molecule has 0 N–H and O–H groups in total. The number of para-hydroxylation sites is 1. The van der Waals surface area contributed by atoms with Crippen LogP contribution in [0.5, 0.6) is 5.75 Å². The molecule has 0 radical (unpaired) electrons. The van der Waals surface area contributed by atoms with Gasteiger partial charge in [-0.15, -0.1) is 0 Å². The van der Waals surface area contributed by atoms with E-state index >= 15 is 0 Å². The molecule has 0 aliphatic carbocycles. The lowest BCUT2D eigenvalue weighted by Crippen LogP contribution is -2.07. The molecule has 2 nitrogen and oxygen atoms in total. The van der Waals surface area contributed by atoms with E-state index in [0.29, 0.717) is 6.61 Å². The van der Waals surface area contributed by atoms with E-state index in [1.807, 2.05) is 18.2 Å². The van der Waals surface area contributed by atoms with Crippen LogP contribution in [-0.2, 0) is 6.61 Å². The minimum Gasteiger partial charge on any atom is -0.488 e. The van der Waals surface area contributed by atoms with E-state index in [4.69, 9.17) is 9.72 Å². The molecule has 0 spiro atoms. The zero-order valence-corrected chi connectivity index (χ0v) is 11.9. The van der Waals surface area contributed by atoms with Gasteiger partial charge in [0, 0.05) is 21.9 Å². The molecule has 1 aliphatic heterocycles. The summed E-state index contributed by atoms with van der Waals surface area (Å²) in [5, 5.41) is 3.59. The van der Waals surface area contributed by atoms with Crippen molar-refractivity contribution in [1.82, 2.24) is 4.98 Å². The Morgan fingerprint density at radius 2 is 1.64 bits per heavy atom. The van der Waals surface area contributed by atoms with Gasteiger partial charge in [-0.1, -0.05) is 48.5 Å². The lowest BCUT2D eigenvalue weighted by molar-refractivity contribution is 0.302. The molecule has 3 aromatic carbocycles. The molecule has 2 heterocycles. The Bertz CT molecular complexity index is 1040. The topological polar surface area (TPSA) is 22.1 Å². The van der Waals surface area contributed by atoms with Crippen LogP contribution in [0.4, 0.5) is 0 Å². The normalized spacial score (nSPS) is 12.7. The standard InChI is InChI=1S/C20H13NO/c1-2-6-16-13(5-1)9-10-14-11-15-12-22-18-8-4-3-7-17(18)20(15)21-19(14)16/h1-11H,12H2. The lowest BCUT2D eigenvalue weighted by atomic mass is 9.99. The summed E-state index contributed by atoms with van der Waals surface area (Å²) >= 11 is 0. The maximum absolute atomic E-state index is 5.85. The average Bonchev–Trinajstić information content (AvgIpc) is 2.60. The van der Waals surface area contributed by atoms with E-state index in [1.165, 1.54) is 16.2 Å². The van der Waals surface area contributed by atoms with Gasteiger partial charge in [-0.25, -0.2) is 4.98 Å². The van der Waals surface area contributed by atoms with Gasteiger partial charge in [-0.05, 0) is 23.6 Å². The van der Waals surface area contributed by atoms with Crippen LogP contribution in [0.15, 0.2) is 66.7 Å². The van der Waals surface area contributed by atoms with Crippen LogP contribution in [0.1, 0.15) is 5.56 Å². The summed E-state index contributed by atoms with van der Waals surface area (Å²) in [5.41, 5.74) is 4.35. The molecule has 0 unspecified atom stereocenters. The first-order valence-corrected chi connectivity index (χ1v) is 7.44. The molecule has 0 atom stereocenters. The second-order valence-corrected chi connectivity index (χ2v) is 5.64. The predicted molar refractivity (Wildman–Crippen MR) is 89.0 cm³/mol. The number of hydrogen-bond acceptors (Lipinski definition) is 2. The van der Waals surface area contributed by atoms with Gasteiger partial charge in [0.25, 0.3) is 0 Å². The number of benzene rings is 3. The number of fused-ring (bicyclic) bond motifs is 6. The van der Waals surface area contributed by atoms with Crippen LogP contribution in [0, 0.1) is 0 Å². The lowest BCUT2D eigenvalue weighted by Gasteiger charge is -2.20. The highest BCUT2D eigenvalue weighted by molar-refractivity contribution is 6.06. The van der Waals surface area contributed by atoms with E-state index in [2.05, 4.69) is 48.5 Å². The van der Waals surface area contributed by atoms with Crippen molar-refractivity contribution < 1.29 is 4.74 Å². The van der Waals surface area contributed by atoms with Gasteiger partial charge >= 0.3 is 0 Å². The summed E-state index contributed by atoms with van der Waals surface area (Å²) in [4.78, 5) is 5.01. The van der Waals surface area contributed by atoms with Crippen LogP contribution in [0.2, 0.25) is 0 Å². The molecule has 2 heteroatoms. The first-order chi connectivity index (χ1) is 10.9. The Labute approximate surface area is 128 Å². The highest BCUT2D eigenvalue weighted by atomic mass is 16.5. The third-order valence-corrected chi connectivity index (χ3v) is 4.31. The van der Waals surface area contributed by atoms with Gasteiger partial charge in [-0.2, -0.15) is 0 Å². The summed E-state index contributed by atoms with van der Waals surface area (Å²) in [6.45, 7) is 0.585. The Morgan fingerprint density at radius 1 is 0.818 bits per heavy atom. The third-order valence-electron chi connectivity index (χ3n) is 4.31. The fraction of sp³-hybridized carbons (Fsp3) is 0.0500. The molecule has 0 amide bonds. The van der Waals surface area contributed by atoms with Gasteiger partial charge in [-0.3, -0.25) is 0 Å².